The third kappa shape index (κ3) is 20.9. The van der Waals surface area contributed by atoms with Crippen molar-refractivity contribution in [2.45, 2.75) is 83.8 Å². The van der Waals surface area contributed by atoms with Crippen LogP contribution in [-0.2, 0) is 19.1 Å². The number of aliphatic hydroxyl groups is 2. The van der Waals surface area contributed by atoms with E-state index in [2.05, 4.69) is 37.3 Å². The molecule has 0 aromatic rings. The van der Waals surface area contributed by atoms with E-state index in [4.69, 9.17) is 14.6 Å². The number of carbonyl (C=O) groups excluding carboxylic acids is 2. The largest absolute Gasteiger partial charge is 0.462 e. The van der Waals surface area contributed by atoms with Crippen LogP contribution in [0.4, 0.5) is 0 Å². The van der Waals surface area contributed by atoms with Crippen LogP contribution in [0.25, 0.3) is 0 Å². The smallest absolute Gasteiger partial charge is 0.306 e. The SMILES string of the molecule is CCCC[C@@H](O)/C=C\C/C=C\C/C=C\C/C=C\CCCC(=O)O[C@@H](CO)COC(C)=O. The normalized spacial score (nSPS) is 14.1. The molecule has 0 saturated carbocycles. The van der Waals surface area contributed by atoms with Gasteiger partial charge in [0.15, 0.2) is 6.10 Å². The summed E-state index contributed by atoms with van der Waals surface area (Å²) >= 11 is 0. The number of allylic oxidation sites excluding steroid dienone is 7. The number of hydrogen-bond acceptors (Lipinski definition) is 6. The molecule has 0 aliphatic rings. The molecule has 6 heteroatoms. The van der Waals surface area contributed by atoms with Crippen LogP contribution in [0.1, 0.15) is 71.6 Å². The topological polar surface area (TPSA) is 93.1 Å². The van der Waals surface area contributed by atoms with Gasteiger partial charge in [-0.25, -0.2) is 0 Å². The zero-order valence-corrected chi connectivity index (χ0v) is 19.1. The standard InChI is InChI=1S/C25H40O6/c1-3-4-17-23(28)18-15-13-11-9-7-5-6-8-10-12-14-16-19-25(29)31-24(20-26)21-30-22(2)27/h5-6,9-12,15,18,23-24,26,28H,3-4,7-8,13-14,16-17,19-21H2,1-2H3/b6-5-,11-9-,12-10-,18-15-/t23-,24+/m1/s1. The molecule has 0 aliphatic carbocycles. The molecule has 6 nitrogen and oxygen atoms in total. The maximum absolute atomic E-state index is 11.7. The fraction of sp³-hybridized carbons (Fsp3) is 0.600. The molecule has 176 valence electrons. The van der Waals surface area contributed by atoms with E-state index in [1.807, 2.05) is 18.2 Å². The first-order valence-corrected chi connectivity index (χ1v) is 11.2. The highest BCUT2D eigenvalue weighted by molar-refractivity contribution is 5.69. The third-order valence-corrected chi connectivity index (χ3v) is 4.25. The van der Waals surface area contributed by atoms with Gasteiger partial charge in [-0.1, -0.05) is 68.4 Å². The quantitative estimate of drug-likeness (QED) is 0.186. The van der Waals surface area contributed by atoms with Gasteiger partial charge in [0.2, 0.25) is 0 Å². The summed E-state index contributed by atoms with van der Waals surface area (Å²) in [6.45, 7) is 2.88. The lowest BCUT2D eigenvalue weighted by Gasteiger charge is -2.14. The number of carbonyl (C=O) groups is 2. The molecule has 0 bridgehead atoms. The van der Waals surface area contributed by atoms with Crippen molar-refractivity contribution in [2.75, 3.05) is 13.2 Å². The zero-order chi connectivity index (χ0) is 23.2. The highest BCUT2D eigenvalue weighted by Gasteiger charge is 2.14. The Kier molecular flexibility index (Phi) is 19.6. The highest BCUT2D eigenvalue weighted by atomic mass is 16.6. The Bertz CT molecular complexity index is 577. The number of rotatable bonds is 18. The molecule has 0 unspecified atom stereocenters. The lowest BCUT2D eigenvalue weighted by Crippen LogP contribution is -2.28. The minimum atomic E-state index is -0.806. The Balaban J connectivity index is 3.73. The third-order valence-electron chi connectivity index (χ3n) is 4.25. The first-order valence-electron chi connectivity index (χ1n) is 11.2. The monoisotopic (exact) mass is 436 g/mol. The molecule has 0 aliphatic heterocycles. The molecule has 2 atom stereocenters. The second kappa shape index (κ2) is 21.1. The number of esters is 2. The second-order valence-corrected chi connectivity index (χ2v) is 7.25. The Hall–Kier alpha value is -2.18. The Morgan fingerprint density at radius 2 is 1.55 bits per heavy atom. The fourth-order valence-electron chi connectivity index (χ4n) is 2.52. The minimum Gasteiger partial charge on any atom is -0.462 e. The van der Waals surface area contributed by atoms with E-state index < -0.39 is 18.0 Å². The molecular formula is C25H40O6. The van der Waals surface area contributed by atoms with Crippen molar-refractivity contribution in [1.82, 2.24) is 0 Å². The van der Waals surface area contributed by atoms with Crippen molar-refractivity contribution in [3.05, 3.63) is 48.6 Å². The summed E-state index contributed by atoms with van der Waals surface area (Å²) < 4.78 is 9.79. The van der Waals surface area contributed by atoms with Gasteiger partial charge in [-0.2, -0.15) is 0 Å². The van der Waals surface area contributed by atoms with Crippen molar-refractivity contribution < 1.29 is 29.3 Å². The van der Waals surface area contributed by atoms with Crippen LogP contribution in [0.2, 0.25) is 0 Å². The van der Waals surface area contributed by atoms with E-state index in [9.17, 15) is 14.7 Å². The molecule has 0 spiro atoms. The average molecular weight is 437 g/mol. The predicted octanol–water partition coefficient (Wildman–Crippen LogP) is 4.57. The molecule has 2 N–H and O–H groups in total. The second-order valence-electron chi connectivity index (χ2n) is 7.25. The first-order chi connectivity index (χ1) is 15.0. The van der Waals surface area contributed by atoms with E-state index >= 15 is 0 Å². The van der Waals surface area contributed by atoms with Gasteiger partial charge in [0.25, 0.3) is 0 Å². The Morgan fingerprint density at radius 1 is 0.935 bits per heavy atom. The van der Waals surface area contributed by atoms with Crippen LogP contribution >= 0.6 is 0 Å². The predicted molar refractivity (Wildman–Crippen MR) is 123 cm³/mol. The van der Waals surface area contributed by atoms with Crippen LogP contribution in [-0.4, -0.2) is 47.6 Å². The van der Waals surface area contributed by atoms with Crippen molar-refractivity contribution in [3.63, 3.8) is 0 Å². The molecular weight excluding hydrogens is 396 g/mol. The molecule has 0 aromatic heterocycles. The van der Waals surface area contributed by atoms with Gasteiger partial charge < -0.3 is 19.7 Å². The van der Waals surface area contributed by atoms with Crippen LogP contribution in [0.15, 0.2) is 48.6 Å². The lowest BCUT2D eigenvalue weighted by atomic mass is 10.1. The summed E-state index contributed by atoms with van der Waals surface area (Å²) in [5.74, 6) is -0.882. The molecule has 0 aromatic carbocycles. The number of aliphatic hydroxyl groups excluding tert-OH is 2. The molecule has 31 heavy (non-hydrogen) atoms. The van der Waals surface area contributed by atoms with Crippen molar-refractivity contribution in [3.8, 4) is 0 Å². The van der Waals surface area contributed by atoms with Gasteiger partial charge in [0, 0.05) is 13.3 Å². The fourth-order valence-corrected chi connectivity index (χ4v) is 2.52. The van der Waals surface area contributed by atoms with Gasteiger partial charge in [-0.3, -0.25) is 9.59 Å². The van der Waals surface area contributed by atoms with E-state index in [0.717, 1.165) is 44.9 Å². The van der Waals surface area contributed by atoms with Crippen LogP contribution in [0, 0.1) is 0 Å². The van der Waals surface area contributed by atoms with Crippen molar-refractivity contribution >= 4 is 11.9 Å². The number of ether oxygens (including phenoxy) is 2. The summed E-state index contributed by atoms with van der Waals surface area (Å²) in [6.07, 6.45) is 22.5. The summed E-state index contributed by atoms with van der Waals surface area (Å²) in [5.41, 5.74) is 0. The van der Waals surface area contributed by atoms with Gasteiger partial charge in [-0.15, -0.1) is 0 Å². The van der Waals surface area contributed by atoms with E-state index in [-0.39, 0.29) is 25.7 Å². The van der Waals surface area contributed by atoms with E-state index in [1.54, 1.807) is 0 Å². The van der Waals surface area contributed by atoms with E-state index in [0.29, 0.717) is 6.42 Å². The molecule has 0 heterocycles. The van der Waals surface area contributed by atoms with Gasteiger partial charge in [-0.05, 0) is 38.5 Å². The summed E-state index contributed by atoms with van der Waals surface area (Å²) in [6, 6.07) is 0. The maximum atomic E-state index is 11.7. The zero-order valence-electron chi connectivity index (χ0n) is 19.1. The van der Waals surface area contributed by atoms with Crippen LogP contribution in [0.3, 0.4) is 0 Å². The van der Waals surface area contributed by atoms with E-state index in [1.165, 1.54) is 6.92 Å². The maximum Gasteiger partial charge on any atom is 0.306 e. The van der Waals surface area contributed by atoms with Crippen LogP contribution < -0.4 is 0 Å². The molecule has 0 amide bonds. The van der Waals surface area contributed by atoms with Crippen molar-refractivity contribution in [2.24, 2.45) is 0 Å². The number of hydrogen-bond donors (Lipinski definition) is 2. The summed E-state index contributed by atoms with van der Waals surface area (Å²) in [7, 11) is 0. The highest BCUT2D eigenvalue weighted by Crippen LogP contribution is 2.04. The van der Waals surface area contributed by atoms with Crippen molar-refractivity contribution in [1.29, 1.82) is 0 Å². The molecule has 0 fully saturated rings. The van der Waals surface area contributed by atoms with Crippen LogP contribution in [0.5, 0.6) is 0 Å². The summed E-state index contributed by atoms with van der Waals surface area (Å²) in [5, 5.41) is 18.8. The Labute approximate surface area is 187 Å². The summed E-state index contributed by atoms with van der Waals surface area (Å²) in [4.78, 5) is 22.4. The Morgan fingerprint density at radius 3 is 2.13 bits per heavy atom. The van der Waals surface area contributed by atoms with Gasteiger partial charge in [0.1, 0.15) is 6.61 Å². The lowest BCUT2D eigenvalue weighted by molar-refractivity contribution is -0.160. The van der Waals surface area contributed by atoms with Gasteiger partial charge in [0.05, 0.1) is 12.7 Å². The molecule has 0 radical (unpaired) electrons. The molecule has 0 rings (SSSR count). The average Bonchev–Trinajstić information content (AvgIpc) is 2.75. The number of unbranched alkanes of at least 4 members (excludes halogenated alkanes) is 2. The molecule has 0 saturated heterocycles. The first kappa shape index (κ1) is 28.8. The van der Waals surface area contributed by atoms with Gasteiger partial charge >= 0.3 is 11.9 Å². The minimum absolute atomic E-state index is 0.127.